The zero-order valence-corrected chi connectivity index (χ0v) is 11.3. The van der Waals surface area contributed by atoms with Crippen LogP contribution in [0.4, 0.5) is 0 Å². The van der Waals surface area contributed by atoms with Gasteiger partial charge in [-0.2, -0.15) is 0 Å². The van der Waals surface area contributed by atoms with Crippen molar-refractivity contribution in [3.63, 3.8) is 0 Å². The van der Waals surface area contributed by atoms with Crippen LogP contribution in [0.3, 0.4) is 0 Å². The molecule has 0 heterocycles. The highest BCUT2D eigenvalue weighted by molar-refractivity contribution is 4.68. The molecular weight excluding hydrogens is 214 g/mol. The number of hydrogen-bond acceptors (Lipinski definition) is 3. The van der Waals surface area contributed by atoms with Crippen LogP contribution in [0, 0.1) is 0 Å². The molecule has 0 aromatic rings. The highest BCUT2D eigenvalue weighted by Crippen LogP contribution is 2.20. The zero-order chi connectivity index (χ0) is 12.3. The molecule has 17 heavy (non-hydrogen) atoms. The zero-order valence-electron chi connectivity index (χ0n) is 11.3. The highest BCUT2D eigenvalue weighted by Gasteiger charge is 2.16. The summed E-state index contributed by atoms with van der Waals surface area (Å²) in [6.45, 7) is 4.39. The van der Waals surface area contributed by atoms with Crippen molar-refractivity contribution in [2.24, 2.45) is 0 Å². The van der Waals surface area contributed by atoms with E-state index in [0.717, 1.165) is 6.54 Å². The summed E-state index contributed by atoms with van der Waals surface area (Å²) >= 11 is 0. The lowest BCUT2D eigenvalue weighted by Crippen LogP contribution is -2.32. The Morgan fingerprint density at radius 2 is 2.00 bits per heavy atom. The second-order valence-electron chi connectivity index (χ2n) is 5.16. The van der Waals surface area contributed by atoms with Crippen LogP contribution in [-0.2, 0) is 4.74 Å². The van der Waals surface area contributed by atoms with Crippen molar-refractivity contribution in [3.8, 4) is 0 Å². The van der Waals surface area contributed by atoms with Crippen LogP contribution in [0.1, 0.15) is 58.3 Å². The van der Waals surface area contributed by atoms with Gasteiger partial charge in [-0.3, -0.25) is 0 Å². The smallest absolute Gasteiger partial charge is 0.0897 e. The van der Waals surface area contributed by atoms with Crippen LogP contribution in [0.25, 0.3) is 0 Å². The number of rotatable bonds is 10. The summed E-state index contributed by atoms with van der Waals surface area (Å²) < 4.78 is 5.67. The third-order valence-corrected chi connectivity index (χ3v) is 3.41. The standard InChI is InChI=1S/C14H29NO2/c1-2-3-4-7-10-15-11-13(16)12-17-14-8-5-6-9-14/h13-16H,2-12H2,1H3/t13-/m0/s1. The van der Waals surface area contributed by atoms with E-state index in [1.54, 1.807) is 0 Å². The Hall–Kier alpha value is -0.120. The van der Waals surface area contributed by atoms with Gasteiger partial charge in [0.25, 0.3) is 0 Å². The molecule has 2 N–H and O–H groups in total. The molecule has 1 fully saturated rings. The van der Waals surface area contributed by atoms with Crippen molar-refractivity contribution in [2.45, 2.75) is 70.5 Å². The maximum Gasteiger partial charge on any atom is 0.0897 e. The van der Waals surface area contributed by atoms with Gasteiger partial charge in [-0.05, 0) is 25.8 Å². The summed E-state index contributed by atoms with van der Waals surface area (Å²) in [6, 6.07) is 0. The third-order valence-electron chi connectivity index (χ3n) is 3.41. The molecule has 3 heteroatoms. The molecule has 3 nitrogen and oxygen atoms in total. The van der Waals surface area contributed by atoms with E-state index in [-0.39, 0.29) is 6.10 Å². The molecule has 1 atom stereocenters. The lowest BCUT2D eigenvalue weighted by Gasteiger charge is -2.16. The summed E-state index contributed by atoms with van der Waals surface area (Å²) in [5.41, 5.74) is 0. The Morgan fingerprint density at radius 1 is 1.24 bits per heavy atom. The molecule has 0 saturated heterocycles. The molecule has 102 valence electrons. The summed E-state index contributed by atoms with van der Waals surface area (Å²) in [5, 5.41) is 13.0. The molecule has 0 aromatic heterocycles. The van der Waals surface area contributed by atoms with Gasteiger partial charge in [-0.15, -0.1) is 0 Å². The SMILES string of the molecule is CCCCCCNC[C@H](O)COC1CCCC1. The molecular formula is C14H29NO2. The van der Waals surface area contributed by atoms with Crippen molar-refractivity contribution in [1.29, 1.82) is 0 Å². The Morgan fingerprint density at radius 3 is 2.71 bits per heavy atom. The number of aliphatic hydroxyl groups is 1. The molecule has 1 aliphatic rings. The minimum absolute atomic E-state index is 0.346. The number of hydrogen-bond donors (Lipinski definition) is 2. The van der Waals surface area contributed by atoms with Gasteiger partial charge < -0.3 is 15.2 Å². The van der Waals surface area contributed by atoms with Gasteiger partial charge in [0.2, 0.25) is 0 Å². The topological polar surface area (TPSA) is 41.5 Å². The van der Waals surface area contributed by atoms with Crippen LogP contribution in [0.5, 0.6) is 0 Å². The first-order valence-corrected chi connectivity index (χ1v) is 7.33. The summed E-state index contributed by atoms with van der Waals surface area (Å²) in [7, 11) is 0. The normalized spacial score (nSPS) is 18.7. The van der Waals surface area contributed by atoms with E-state index >= 15 is 0 Å². The minimum atomic E-state index is -0.346. The van der Waals surface area contributed by atoms with Crippen LogP contribution in [-0.4, -0.2) is 37.0 Å². The van der Waals surface area contributed by atoms with E-state index in [9.17, 15) is 5.11 Å². The second-order valence-corrected chi connectivity index (χ2v) is 5.16. The van der Waals surface area contributed by atoms with Gasteiger partial charge in [-0.1, -0.05) is 39.0 Å². The maximum absolute atomic E-state index is 9.72. The molecule has 0 amide bonds. The molecule has 0 bridgehead atoms. The van der Waals surface area contributed by atoms with Crippen molar-refractivity contribution in [2.75, 3.05) is 19.7 Å². The highest BCUT2D eigenvalue weighted by atomic mass is 16.5. The second kappa shape index (κ2) is 9.86. The third kappa shape index (κ3) is 7.74. The van der Waals surface area contributed by atoms with E-state index in [2.05, 4.69) is 12.2 Å². The lowest BCUT2D eigenvalue weighted by molar-refractivity contribution is -0.00535. The van der Waals surface area contributed by atoms with Gasteiger partial charge in [0, 0.05) is 6.54 Å². The van der Waals surface area contributed by atoms with E-state index in [1.807, 2.05) is 0 Å². The quantitative estimate of drug-likeness (QED) is 0.579. The Balaban J connectivity index is 1.85. The fourth-order valence-corrected chi connectivity index (χ4v) is 2.31. The molecule has 0 aliphatic heterocycles. The van der Waals surface area contributed by atoms with Crippen LogP contribution >= 0.6 is 0 Å². The van der Waals surface area contributed by atoms with Crippen molar-refractivity contribution in [3.05, 3.63) is 0 Å². The van der Waals surface area contributed by atoms with Gasteiger partial charge in [-0.25, -0.2) is 0 Å². The lowest BCUT2D eigenvalue weighted by atomic mass is 10.2. The average Bonchev–Trinajstić information content (AvgIpc) is 2.84. The van der Waals surface area contributed by atoms with Crippen LogP contribution < -0.4 is 5.32 Å². The Labute approximate surface area is 106 Å². The molecule has 0 spiro atoms. The maximum atomic E-state index is 9.72. The number of nitrogens with one attached hydrogen (secondary N) is 1. The average molecular weight is 243 g/mol. The molecule has 1 saturated carbocycles. The van der Waals surface area contributed by atoms with Crippen molar-refractivity contribution < 1.29 is 9.84 Å². The van der Waals surface area contributed by atoms with Crippen molar-refractivity contribution in [1.82, 2.24) is 5.32 Å². The fourth-order valence-electron chi connectivity index (χ4n) is 2.31. The molecule has 1 rings (SSSR count). The van der Waals surface area contributed by atoms with Gasteiger partial charge in [0.05, 0.1) is 18.8 Å². The first-order valence-electron chi connectivity index (χ1n) is 7.33. The summed E-state index contributed by atoms with van der Waals surface area (Å²) in [4.78, 5) is 0. The first-order chi connectivity index (χ1) is 8.33. The first kappa shape index (κ1) is 14.9. The van der Waals surface area contributed by atoms with E-state index in [1.165, 1.54) is 51.4 Å². The van der Waals surface area contributed by atoms with Crippen LogP contribution in [0.2, 0.25) is 0 Å². The summed E-state index contributed by atoms with van der Waals surface area (Å²) in [6.07, 6.45) is 10.1. The van der Waals surface area contributed by atoms with Crippen molar-refractivity contribution >= 4 is 0 Å². The molecule has 1 aliphatic carbocycles. The molecule has 0 unspecified atom stereocenters. The fraction of sp³-hybridized carbons (Fsp3) is 1.00. The number of aliphatic hydroxyl groups excluding tert-OH is 1. The molecule has 0 aromatic carbocycles. The monoisotopic (exact) mass is 243 g/mol. The van der Waals surface area contributed by atoms with Gasteiger partial charge in [0.15, 0.2) is 0 Å². The molecule has 0 radical (unpaired) electrons. The summed E-state index contributed by atoms with van der Waals surface area (Å²) in [5.74, 6) is 0. The predicted molar refractivity (Wildman–Crippen MR) is 71.2 cm³/mol. The number of ether oxygens (including phenoxy) is 1. The van der Waals surface area contributed by atoms with E-state index < -0.39 is 0 Å². The Kier molecular flexibility index (Phi) is 8.67. The van der Waals surface area contributed by atoms with Crippen LogP contribution in [0.15, 0.2) is 0 Å². The van der Waals surface area contributed by atoms with Gasteiger partial charge in [0.1, 0.15) is 0 Å². The Bertz CT molecular complexity index is 170. The largest absolute Gasteiger partial charge is 0.389 e. The minimum Gasteiger partial charge on any atom is -0.389 e. The van der Waals surface area contributed by atoms with Gasteiger partial charge >= 0.3 is 0 Å². The predicted octanol–water partition coefficient (Wildman–Crippen LogP) is 2.48. The van der Waals surface area contributed by atoms with E-state index in [0.29, 0.717) is 19.3 Å². The van der Waals surface area contributed by atoms with E-state index in [4.69, 9.17) is 4.74 Å². The number of unbranched alkanes of at least 4 members (excludes halogenated alkanes) is 3.